The fourth-order valence-corrected chi connectivity index (χ4v) is 3.03. The van der Waals surface area contributed by atoms with E-state index in [-0.39, 0.29) is 24.9 Å². The van der Waals surface area contributed by atoms with Crippen LogP contribution in [0.2, 0.25) is 0 Å². The number of rotatable bonds is 6. The molecule has 1 fully saturated rings. The maximum Gasteiger partial charge on any atom is 0.246 e. The van der Waals surface area contributed by atoms with E-state index in [4.69, 9.17) is 10.3 Å². The summed E-state index contributed by atoms with van der Waals surface area (Å²) in [6, 6.07) is 8.21. The number of halogens is 1. The van der Waals surface area contributed by atoms with Gasteiger partial charge in [0.1, 0.15) is 0 Å². The van der Waals surface area contributed by atoms with Crippen LogP contribution in [-0.4, -0.2) is 16.0 Å². The summed E-state index contributed by atoms with van der Waals surface area (Å²) >= 11 is 0. The molecule has 6 nitrogen and oxygen atoms in total. The second-order valence-electron chi connectivity index (χ2n) is 6.64. The van der Waals surface area contributed by atoms with Crippen LogP contribution in [0.1, 0.15) is 54.9 Å². The van der Waals surface area contributed by atoms with Crippen LogP contribution >= 0.6 is 12.4 Å². The van der Waals surface area contributed by atoms with Gasteiger partial charge >= 0.3 is 0 Å². The van der Waals surface area contributed by atoms with Gasteiger partial charge in [-0.05, 0) is 31.7 Å². The predicted molar refractivity (Wildman–Crippen MR) is 97.2 cm³/mol. The van der Waals surface area contributed by atoms with Crippen LogP contribution in [0, 0.1) is 6.92 Å². The summed E-state index contributed by atoms with van der Waals surface area (Å²) < 4.78 is 5.21. The molecule has 1 aromatic carbocycles. The van der Waals surface area contributed by atoms with Gasteiger partial charge in [-0.25, -0.2) is 0 Å². The summed E-state index contributed by atoms with van der Waals surface area (Å²) in [5.41, 5.74) is 8.21. The second-order valence-corrected chi connectivity index (χ2v) is 6.64. The van der Waals surface area contributed by atoms with Gasteiger partial charge < -0.3 is 15.6 Å². The molecule has 2 aromatic rings. The van der Waals surface area contributed by atoms with E-state index in [0.29, 0.717) is 24.6 Å². The van der Waals surface area contributed by atoms with Crippen molar-refractivity contribution < 1.29 is 9.32 Å². The Morgan fingerprint density at radius 3 is 2.64 bits per heavy atom. The summed E-state index contributed by atoms with van der Waals surface area (Å²) in [7, 11) is 0. The SMILES string of the molecule is Cc1ccc(CCC(=O)NCc2nc(C3(N)CCCC3)no2)cc1.Cl. The lowest BCUT2D eigenvalue weighted by Crippen LogP contribution is -2.34. The minimum atomic E-state index is -0.461. The monoisotopic (exact) mass is 364 g/mol. The molecule has 1 saturated carbocycles. The molecule has 7 heteroatoms. The van der Waals surface area contributed by atoms with E-state index in [1.807, 2.05) is 6.92 Å². The number of aryl methyl sites for hydroxylation is 2. The zero-order chi connectivity index (χ0) is 17.0. The van der Waals surface area contributed by atoms with Crippen molar-refractivity contribution in [2.75, 3.05) is 0 Å². The highest BCUT2D eigenvalue weighted by molar-refractivity contribution is 5.85. The van der Waals surface area contributed by atoms with Gasteiger partial charge in [0.05, 0.1) is 12.1 Å². The third-order valence-electron chi connectivity index (χ3n) is 4.61. The van der Waals surface area contributed by atoms with Crippen molar-refractivity contribution in [3.63, 3.8) is 0 Å². The third-order valence-corrected chi connectivity index (χ3v) is 4.61. The Balaban J connectivity index is 0.00000225. The highest BCUT2D eigenvalue weighted by Crippen LogP contribution is 2.34. The van der Waals surface area contributed by atoms with E-state index in [1.54, 1.807) is 0 Å². The Kier molecular flexibility index (Phi) is 6.56. The van der Waals surface area contributed by atoms with Crippen molar-refractivity contribution in [2.24, 2.45) is 5.73 Å². The first-order chi connectivity index (χ1) is 11.5. The van der Waals surface area contributed by atoms with Crippen molar-refractivity contribution in [1.29, 1.82) is 0 Å². The fourth-order valence-electron chi connectivity index (χ4n) is 3.03. The molecule has 1 aliphatic rings. The average molecular weight is 365 g/mol. The molecule has 0 atom stereocenters. The van der Waals surface area contributed by atoms with Crippen molar-refractivity contribution in [3.8, 4) is 0 Å². The van der Waals surface area contributed by atoms with Crippen LogP contribution < -0.4 is 11.1 Å². The van der Waals surface area contributed by atoms with Gasteiger partial charge in [-0.15, -0.1) is 12.4 Å². The first-order valence-electron chi connectivity index (χ1n) is 8.49. The van der Waals surface area contributed by atoms with Crippen LogP contribution in [-0.2, 0) is 23.3 Å². The van der Waals surface area contributed by atoms with Crippen LogP contribution in [0.4, 0.5) is 0 Å². The van der Waals surface area contributed by atoms with E-state index in [1.165, 1.54) is 5.56 Å². The van der Waals surface area contributed by atoms with E-state index < -0.39 is 5.54 Å². The summed E-state index contributed by atoms with van der Waals surface area (Å²) in [5, 5.41) is 6.81. The standard InChI is InChI=1S/C18H24N4O2.ClH/c1-13-4-6-14(7-5-13)8-9-15(23)20-12-16-21-17(22-24-16)18(19)10-2-3-11-18;/h4-7H,2-3,8-12,19H2,1H3,(H,20,23);1H. The van der Waals surface area contributed by atoms with Crippen molar-refractivity contribution in [1.82, 2.24) is 15.5 Å². The molecule has 1 heterocycles. The normalized spacial score (nSPS) is 15.6. The average Bonchev–Trinajstić information content (AvgIpc) is 3.22. The van der Waals surface area contributed by atoms with Crippen molar-refractivity contribution >= 4 is 18.3 Å². The number of nitrogens with one attached hydrogen (secondary N) is 1. The highest BCUT2D eigenvalue weighted by atomic mass is 35.5. The van der Waals surface area contributed by atoms with Crippen molar-refractivity contribution in [3.05, 3.63) is 47.1 Å². The fraction of sp³-hybridized carbons (Fsp3) is 0.500. The number of benzene rings is 1. The molecular formula is C18H25ClN4O2. The van der Waals surface area contributed by atoms with Crippen LogP contribution in [0.5, 0.6) is 0 Å². The van der Waals surface area contributed by atoms with E-state index in [2.05, 4.69) is 39.7 Å². The first-order valence-corrected chi connectivity index (χ1v) is 8.49. The summed E-state index contributed by atoms with van der Waals surface area (Å²) in [5.74, 6) is 0.938. The number of nitrogens with two attached hydrogens (primary N) is 1. The van der Waals surface area contributed by atoms with E-state index in [0.717, 1.165) is 31.2 Å². The quantitative estimate of drug-likeness (QED) is 0.821. The smallest absolute Gasteiger partial charge is 0.246 e. The topological polar surface area (TPSA) is 94.0 Å². The maximum absolute atomic E-state index is 12.0. The Morgan fingerprint density at radius 2 is 1.96 bits per heavy atom. The summed E-state index contributed by atoms with van der Waals surface area (Å²) in [6.07, 6.45) is 5.11. The van der Waals surface area contributed by atoms with Crippen LogP contribution in [0.25, 0.3) is 0 Å². The van der Waals surface area contributed by atoms with E-state index in [9.17, 15) is 4.79 Å². The Hall–Kier alpha value is -1.92. The Labute approximate surface area is 154 Å². The highest BCUT2D eigenvalue weighted by Gasteiger charge is 2.35. The molecular weight excluding hydrogens is 340 g/mol. The molecule has 0 aliphatic heterocycles. The number of carbonyl (C=O) groups excluding carboxylic acids is 1. The molecule has 0 unspecified atom stereocenters. The first kappa shape index (κ1) is 19.4. The molecule has 0 bridgehead atoms. The molecule has 0 saturated heterocycles. The molecule has 3 N–H and O–H groups in total. The lowest BCUT2D eigenvalue weighted by atomic mass is 9.99. The lowest BCUT2D eigenvalue weighted by molar-refractivity contribution is -0.121. The van der Waals surface area contributed by atoms with Crippen LogP contribution in [0.15, 0.2) is 28.8 Å². The number of amides is 1. The maximum atomic E-state index is 12.0. The molecule has 0 spiro atoms. The zero-order valence-corrected chi connectivity index (χ0v) is 15.3. The number of hydrogen-bond acceptors (Lipinski definition) is 5. The lowest BCUT2D eigenvalue weighted by Gasteiger charge is -2.17. The van der Waals surface area contributed by atoms with E-state index >= 15 is 0 Å². The minimum Gasteiger partial charge on any atom is -0.347 e. The molecule has 1 aliphatic carbocycles. The molecule has 1 amide bonds. The minimum absolute atomic E-state index is 0. The largest absolute Gasteiger partial charge is 0.347 e. The Bertz CT molecular complexity index is 693. The molecule has 136 valence electrons. The zero-order valence-electron chi connectivity index (χ0n) is 14.5. The van der Waals surface area contributed by atoms with Gasteiger partial charge in [0.2, 0.25) is 11.8 Å². The van der Waals surface area contributed by atoms with Gasteiger partial charge in [0.15, 0.2) is 5.82 Å². The summed E-state index contributed by atoms with van der Waals surface area (Å²) in [6.45, 7) is 2.29. The van der Waals surface area contributed by atoms with Crippen LogP contribution in [0.3, 0.4) is 0 Å². The second kappa shape index (κ2) is 8.45. The Morgan fingerprint density at radius 1 is 1.28 bits per heavy atom. The molecule has 25 heavy (non-hydrogen) atoms. The van der Waals surface area contributed by atoms with Gasteiger partial charge in [0.25, 0.3) is 0 Å². The van der Waals surface area contributed by atoms with Crippen molar-refractivity contribution in [2.45, 2.75) is 57.5 Å². The summed E-state index contributed by atoms with van der Waals surface area (Å²) in [4.78, 5) is 16.3. The van der Waals surface area contributed by atoms with Gasteiger partial charge in [-0.1, -0.05) is 47.8 Å². The van der Waals surface area contributed by atoms with Gasteiger partial charge in [-0.3, -0.25) is 4.79 Å². The third kappa shape index (κ3) is 5.03. The van der Waals surface area contributed by atoms with Gasteiger partial charge in [0, 0.05) is 6.42 Å². The number of carbonyl (C=O) groups is 1. The van der Waals surface area contributed by atoms with Gasteiger partial charge in [-0.2, -0.15) is 4.98 Å². The molecule has 1 aromatic heterocycles. The number of aromatic nitrogens is 2. The molecule has 3 rings (SSSR count). The number of hydrogen-bond donors (Lipinski definition) is 2. The number of nitrogens with zero attached hydrogens (tertiary/aromatic N) is 2. The predicted octanol–water partition coefficient (Wildman–Crippen LogP) is 2.78. The molecule has 0 radical (unpaired) electrons.